The van der Waals surface area contributed by atoms with Crippen molar-refractivity contribution in [1.29, 1.82) is 0 Å². The molecule has 0 bridgehead atoms. The largest absolute Gasteiger partial charge is 0.353 e. The Morgan fingerprint density at radius 2 is 2.50 bits per heavy atom. The van der Waals surface area contributed by atoms with Gasteiger partial charge in [0.15, 0.2) is 0 Å². The molecule has 0 aliphatic carbocycles. The molecule has 1 amide bonds. The topological polar surface area (TPSA) is 46.1 Å². The van der Waals surface area contributed by atoms with Crippen LogP contribution in [0.3, 0.4) is 0 Å². The second-order valence-corrected chi connectivity index (χ2v) is 4.66. The van der Waals surface area contributed by atoms with Gasteiger partial charge in [0.1, 0.15) is 0 Å². The lowest BCUT2D eigenvalue weighted by atomic mass is 9.99. The minimum absolute atomic E-state index is 0.103. The summed E-state index contributed by atoms with van der Waals surface area (Å²) in [5.74, 6) is 0.103. The van der Waals surface area contributed by atoms with Crippen LogP contribution in [-0.2, 0) is 18.4 Å². The van der Waals surface area contributed by atoms with Crippen LogP contribution in [0.1, 0.15) is 25.5 Å². The summed E-state index contributed by atoms with van der Waals surface area (Å²) in [5, 5.41) is 6.24. The van der Waals surface area contributed by atoms with Gasteiger partial charge in [-0.1, -0.05) is 0 Å². The van der Waals surface area contributed by atoms with E-state index in [2.05, 4.69) is 10.6 Å². The Morgan fingerprint density at radius 3 is 3.06 bits per heavy atom. The molecule has 2 rings (SSSR count). The zero-order chi connectivity index (χ0) is 11.6. The fraction of sp³-hybridized carbons (Fsp3) is 0.583. The van der Waals surface area contributed by atoms with Gasteiger partial charge in [-0.05, 0) is 38.4 Å². The van der Waals surface area contributed by atoms with Gasteiger partial charge in [0, 0.05) is 18.9 Å². The van der Waals surface area contributed by atoms with E-state index in [0.717, 1.165) is 25.1 Å². The summed E-state index contributed by atoms with van der Waals surface area (Å²) in [6.45, 7) is 3.51. The van der Waals surface area contributed by atoms with Crippen LogP contribution in [0.15, 0.2) is 18.3 Å². The first-order valence-corrected chi connectivity index (χ1v) is 5.75. The molecular formula is C12H19N3O. The van der Waals surface area contributed by atoms with Gasteiger partial charge in [0.05, 0.1) is 12.1 Å². The number of hydrogen-bond donors (Lipinski definition) is 2. The Bertz CT molecular complexity index is 377. The molecule has 1 atom stereocenters. The van der Waals surface area contributed by atoms with Crippen LogP contribution in [0, 0.1) is 0 Å². The molecule has 0 saturated carbocycles. The number of amides is 1. The molecule has 1 saturated heterocycles. The predicted molar refractivity (Wildman–Crippen MR) is 62.9 cm³/mol. The van der Waals surface area contributed by atoms with Gasteiger partial charge in [0.25, 0.3) is 0 Å². The van der Waals surface area contributed by atoms with Crippen LogP contribution in [0.25, 0.3) is 0 Å². The molecular weight excluding hydrogens is 202 g/mol. The molecule has 1 aromatic rings. The Hall–Kier alpha value is -1.29. The van der Waals surface area contributed by atoms with E-state index < -0.39 is 0 Å². The molecule has 2 N–H and O–H groups in total. The van der Waals surface area contributed by atoms with E-state index in [4.69, 9.17) is 0 Å². The summed E-state index contributed by atoms with van der Waals surface area (Å²) in [6.07, 6.45) is 3.98. The first-order valence-electron chi connectivity index (χ1n) is 5.75. The van der Waals surface area contributed by atoms with Gasteiger partial charge in [0.2, 0.25) is 5.91 Å². The lowest BCUT2D eigenvalue weighted by Crippen LogP contribution is -2.50. The van der Waals surface area contributed by atoms with Gasteiger partial charge in [-0.3, -0.25) is 4.79 Å². The monoisotopic (exact) mass is 221 g/mol. The van der Waals surface area contributed by atoms with Crippen LogP contribution in [-0.4, -0.2) is 22.6 Å². The molecule has 0 radical (unpaired) electrons. The number of hydrogen-bond acceptors (Lipinski definition) is 2. The number of aromatic nitrogens is 1. The standard InChI is InChI=1S/C12H19N3O/c1-12(6-4-7-14-12)11(16)13-9-10-5-3-8-15(10)2/h3,5,8,14H,4,6-7,9H2,1-2H3,(H,13,16). The lowest BCUT2D eigenvalue weighted by Gasteiger charge is -2.23. The highest BCUT2D eigenvalue weighted by molar-refractivity contribution is 5.86. The highest BCUT2D eigenvalue weighted by Crippen LogP contribution is 2.18. The number of nitrogens with one attached hydrogen (secondary N) is 2. The molecule has 0 aromatic carbocycles. The summed E-state index contributed by atoms with van der Waals surface area (Å²) in [7, 11) is 1.98. The van der Waals surface area contributed by atoms with Crippen molar-refractivity contribution in [3.63, 3.8) is 0 Å². The molecule has 88 valence electrons. The van der Waals surface area contributed by atoms with E-state index in [1.54, 1.807) is 0 Å². The van der Waals surface area contributed by atoms with Crippen LogP contribution >= 0.6 is 0 Å². The van der Waals surface area contributed by atoms with E-state index >= 15 is 0 Å². The van der Waals surface area contributed by atoms with Gasteiger partial charge in [-0.2, -0.15) is 0 Å². The van der Waals surface area contributed by atoms with Crippen molar-refractivity contribution in [3.05, 3.63) is 24.0 Å². The summed E-state index contributed by atoms with van der Waals surface area (Å²) < 4.78 is 2.02. The summed E-state index contributed by atoms with van der Waals surface area (Å²) in [6, 6.07) is 4.00. The van der Waals surface area contributed by atoms with E-state index in [1.165, 1.54) is 0 Å². The minimum Gasteiger partial charge on any atom is -0.353 e. The Labute approximate surface area is 96.0 Å². The zero-order valence-electron chi connectivity index (χ0n) is 9.92. The number of rotatable bonds is 3. The summed E-state index contributed by atoms with van der Waals surface area (Å²) in [5.41, 5.74) is 0.750. The van der Waals surface area contributed by atoms with Crippen molar-refractivity contribution >= 4 is 5.91 Å². The van der Waals surface area contributed by atoms with Crippen molar-refractivity contribution in [2.75, 3.05) is 6.54 Å². The van der Waals surface area contributed by atoms with Crippen LogP contribution < -0.4 is 10.6 Å². The molecule has 4 heteroatoms. The highest BCUT2D eigenvalue weighted by Gasteiger charge is 2.35. The molecule has 1 aliphatic rings. The number of aryl methyl sites for hydroxylation is 1. The van der Waals surface area contributed by atoms with Crippen molar-refractivity contribution in [3.8, 4) is 0 Å². The Morgan fingerprint density at radius 1 is 1.69 bits per heavy atom. The second kappa shape index (κ2) is 4.29. The SMILES string of the molecule is Cn1cccc1CNC(=O)C1(C)CCCN1. The maximum atomic E-state index is 12.0. The van der Waals surface area contributed by atoms with E-state index in [-0.39, 0.29) is 11.4 Å². The third-order valence-corrected chi connectivity index (χ3v) is 3.35. The third-order valence-electron chi connectivity index (χ3n) is 3.35. The van der Waals surface area contributed by atoms with Gasteiger partial charge in [-0.15, -0.1) is 0 Å². The van der Waals surface area contributed by atoms with Crippen LogP contribution in [0.5, 0.6) is 0 Å². The Kier molecular flexibility index (Phi) is 3.01. The molecule has 0 spiro atoms. The first-order chi connectivity index (χ1) is 7.62. The maximum absolute atomic E-state index is 12.0. The molecule has 1 aliphatic heterocycles. The predicted octanol–water partition coefficient (Wildman–Crippen LogP) is 0.783. The fourth-order valence-corrected chi connectivity index (χ4v) is 2.13. The third kappa shape index (κ3) is 2.11. The average molecular weight is 221 g/mol. The number of carbonyl (C=O) groups excluding carboxylic acids is 1. The van der Waals surface area contributed by atoms with E-state index in [0.29, 0.717) is 6.54 Å². The van der Waals surface area contributed by atoms with E-state index in [9.17, 15) is 4.79 Å². The smallest absolute Gasteiger partial charge is 0.240 e. The normalized spacial score (nSPS) is 24.6. The number of carbonyl (C=O) groups is 1. The second-order valence-electron chi connectivity index (χ2n) is 4.66. The fourth-order valence-electron chi connectivity index (χ4n) is 2.13. The molecule has 1 unspecified atom stereocenters. The van der Waals surface area contributed by atoms with Crippen LogP contribution in [0.4, 0.5) is 0 Å². The zero-order valence-corrected chi connectivity index (χ0v) is 9.92. The molecule has 1 aromatic heterocycles. The maximum Gasteiger partial charge on any atom is 0.240 e. The molecule has 16 heavy (non-hydrogen) atoms. The minimum atomic E-state index is -0.370. The molecule has 1 fully saturated rings. The average Bonchev–Trinajstić information content (AvgIpc) is 2.85. The van der Waals surface area contributed by atoms with Gasteiger partial charge < -0.3 is 15.2 Å². The highest BCUT2D eigenvalue weighted by atomic mass is 16.2. The lowest BCUT2D eigenvalue weighted by molar-refractivity contribution is -0.126. The van der Waals surface area contributed by atoms with Crippen molar-refractivity contribution in [2.45, 2.75) is 31.8 Å². The first kappa shape index (κ1) is 11.2. The van der Waals surface area contributed by atoms with Crippen molar-refractivity contribution in [2.24, 2.45) is 7.05 Å². The van der Waals surface area contributed by atoms with Crippen molar-refractivity contribution in [1.82, 2.24) is 15.2 Å². The van der Waals surface area contributed by atoms with E-state index in [1.807, 2.05) is 36.9 Å². The van der Waals surface area contributed by atoms with Gasteiger partial charge in [-0.25, -0.2) is 0 Å². The summed E-state index contributed by atoms with van der Waals surface area (Å²) >= 11 is 0. The Balaban J connectivity index is 1.91. The summed E-state index contributed by atoms with van der Waals surface area (Å²) in [4.78, 5) is 12.0. The van der Waals surface area contributed by atoms with Crippen molar-refractivity contribution < 1.29 is 4.79 Å². The molecule has 2 heterocycles. The molecule has 4 nitrogen and oxygen atoms in total. The quantitative estimate of drug-likeness (QED) is 0.792. The number of nitrogens with zero attached hydrogens (tertiary/aromatic N) is 1. The van der Waals surface area contributed by atoms with Crippen LogP contribution in [0.2, 0.25) is 0 Å². The van der Waals surface area contributed by atoms with Gasteiger partial charge >= 0.3 is 0 Å².